The van der Waals surface area contributed by atoms with Crippen molar-refractivity contribution in [3.05, 3.63) is 40.4 Å². The number of imidazole rings is 1. The summed E-state index contributed by atoms with van der Waals surface area (Å²) in [6.07, 6.45) is 3.58. The van der Waals surface area contributed by atoms with Crippen molar-refractivity contribution in [1.29, 1.82) is 0 Å². The Morgan fingerprint density at radius 1 is 1.48 bits per heavy atom. The lowest BCUT2D eigenvalue weighted by Gasteiger charge is -2.13. The maximum absolute atomic E-state index is 11.0. The average molecular weight is 355 g/mol. The zero-order chi connectivity index (χ0) is 15.4. The highest BCUT2D eigenvalue weighted by Gasteiger charge is 2.15. The van der Waals surface area contributed by atoms with Gasteiger partial charge in [-0.05, 0) is 35.0 Å². The highest BCUT2D eigenvalue weighted by molar-refractivity contribution is 9.10. The Balaban J connectivity index is 2.25. The number of aryl methyl sites for hydroxylation is 1. The van der Waals surface area contributed by atoms with Gasteiger partial charge in [0, 0.05) is 18.9 Å². The number of halogens is 1. The van der Waals surface area contributed by atoms with Gasteiger partial charge in [0.2, 0.25) is 0 Å². The van der Waals surface area contributed by atoms with Gasteiger partial charge in [0.1, 0.15) is 12.4 Å². The molecule has 0 atom stereocenters. The summed E-state index contributed by atoms with van der Waals surface area (Å²) >= 11 is 3.31. The number of carboxylic acid groups (broad SMARTS) is 1. The third kappa shape index (κ3) is 3.36. The van der Waals surface area contributed by atoms with E-state index in [1.54, 1.807) is 6.20 Å². The van der Waals surface area contributed by atoms with Crippen LogP contribution in [0.15, 0.2) is 29.0 Å². The molecule has 0 saturated heterocycles. The van der Waals surface area contributed by atoms with E-state index in [2.05, 4.69) is 20.9 Å². The summed E-state index contributed by atoms with van der Waals surface area (Å²) in [4.78, 5) is 15.3. The van der Waals surface area contributed by atoms with E-state index in [4.69, 9.17) is 14.6 Å². The minimum atomic E-state index is -1.03. The van der Waals surface area contributed by atoms with Crippen LogP contribution >= 0.6 is 15.9 Å². The van der Waals surface area contributed by atoms with Crippen LogP contribution in [-0.4, -0.2) is 27.7 Å². The molecule has 0 spiro atoms. The lowest BCUT2D eigenvalue weighted by atomic mass is 10.2. The minimum Gasteiger partial charge on any atom is -0.493 e. The molecular formula is C14H15BrN2O4. The molecule has 0 saturated carbocycles. The Bertz CT molecular complexity index is 654. The fourth-order valence-corrected chi connectivity index (χ4v) is 2.44. The van der Waals surface area contributed by atoms with Gasteiger partial charge in [-0.25, -0.2) is 9.78 Å². The van der Waals surface area contributed by atoms with Crippen LogP contribution in [0.4, 0.5) is 0 Å². The number of nitrogens with zero attached hydrogens (tertiary/aromatic N) is 2. The number of methoxy groups -OCH3 is 1. The van der Waals surface area contributed by atoms with E-state index in [1.165, 1.54) is 19.2 Å². The highest BCUT2D eigenvalue weighted by Crippen LogP contribution is 2.37. The van der Waals surface area contributed by atoms with Gasteiger partial charge in [-0.3, -0.25) is 0 Å². The van der Waals surface area contributed by atoms with Crippen LogP contribution in [0.2, 0.25) is 0 Å². The van der Waals surface area contributed by atoms with Crippen molar-refractivity contribution in [2.75, 3.05) is 7.11 Å². The maximum Gasteiger partial charge on any atom is 0.335 e. The van der Waals surface area contributed by atoms with Gasteiger partial charge >= 0.3 is 5.97 Å². The molecule has 1 heterocycles. The number of hydrogen-bond acceptors (Lipinski definition) is 4. The molecule has 0 aliphatic carbocycles. The molecule has 0 aliphatic rings. The van der Waals surface area contributed by atoms with Gasteiger partial charge in [0.15, 0.2) is 11.5 Å². The van der Waals surface area contributed by atoms with Gasteiger partial charge in [0.05, 0.1) is 17.1 Å². The molecule has 0 amide bonds. The molecule has 21 heavy (non-hydrogen) atoms. The van der Waals surface area contributed by atoms with Crippen molar-refractivity contribution in [3.8, 4) is 11.5 Å². The molecular weight excluding hydrogens is 340 g/mol. The number of aromatic carboxylic acids is 1. The van der Waals surface area contributed by atoms with E-state index < -0.39 is 5.97 Å². The van der Waals surface area contributed by atoms with E-state index in [-0.39, 0.29) is 12.2 Å². The third-order valence-electron chi connectivity index (χ3n) is 2.96. The number of benzene rings is 1. The molecule has 112 valence electrons. The summed E-state index contributed by atoms with van der Waals surface area (Å²) in [5.41, 5.74) is 0.126. The number of hydrogen-bond donors (Lipinski definition) is 1. The number of carboxylic acids is 1. The van der Waals surface area contributed by atoms with Gasteiger partial charge in [0.25, 0.3) is 0 Å². The SMILES string of the molecule is CCn1ccnc1COc1c(Br)cc(C(=O)O)cc1OC. The second-order valence-corrected chi connectivity index (χ2v) is 5.07. The zero-order valence-electron chi connectivity index (χ0n) is 11.7. The molecule has 0 bridgehead atoms. The standard InChI is InChI=1S/C14H15BrN2O4/c1-3-17-5-4-16-12(17)8-21-13-10(15)6-9(14(18)19)7-11(13)20-2/h4-7H,3,8H2,1-2H3,(H,18,19). The van der Waals surface area contributed by atoms with Crippen molar-refractivity contribution in [2.24, 2.45) is 0 Å². The van der Waals surface area contributed by atoms with Gasteiger partial charge < -0.3 is 19.1 Å². The van der Waals surface area contributed by atoms with Crippen LogP contribution < -0.4 is 9.47 Å². The number of aromatic nitrogens is 2. The first kappa shape index (κ1) is 15.4. The molecule has 0 fully saturated rings. The first-order chi connectivity index (χ1) is 10.1. The quantitative estimate of drug-likeness (QED) is 0.863. The largest absolute Gasteiger partial charge is 0.493 e. The molecule has 1 aromatic heterocycles. The summed E-state index contributed by atoms with van der Waals surface area (Å²) in [5.74, 6) is 0.570. The first-order valence-corrected chi connectivity index (χ1v) is 7.09. The van der Waals surface area contributed by atoms with Crippen LogP contribution in [-0.2, 0) is 13.2 Å². The van der Waals surface area contributed by atoms with Crippen molar-refractivity contribution < 1.29 is 19.4 Å². The van der Waals surface area contributed by atoms with E-state index >= 15 is 0 Å². The first-order valence-electron chi connectivity index (χ1n) is 6.30. The van der Waals surface area contributed by atoms with Crippen LogP contribution in [0.25, 0.3) is 0 Å². The van der Waals surface area contributed by atoms with E-state index in [0.29, 0.717) is 16.0 Å². The van der Waals surface area contributed by atoms with Crippen LogP contribution in [0.1, 0.15) is 23.1 Å². The van der Waals surface area contributed by atoms with Crippen molar-refractivity contribution in [1.82, 2.24) is 9.55 Å². The van der Waals surface area contributed by atoms with Crippen LogP contribution in [0.3, 0.4) is 0 Å². The second kappa shape index (κ2) is 6.62. The van der Waals surface area contributed by atoms with Gasteiger partial charge in [-0.1, -0.05) is 0 Å². The lowest BCUT2D eigenvalue weighted by molar-refractivity contribution is 0.0696. The number of rotatable bonds is 6. The summed E-state index contributed by atoms with van der Waals surface area (Å²) < 4.78 is 13.4. The number of carbonyl (C=O) groups is 1. The Kier molecular flexibility index (Phi) is 4.85. The Hall–Kier alpha value is -2.02. The Labute approximate surface area is 130 Å². The average Bonchev–Trinajstić information content (AvgIpc) is 2.92. The molecule has 0 aliphatic heterocycles. The van der Waals surface area contributed by atoms with E-state index in [1.807, 2.05) is 17.7 Å². The summed E-state index contributed by atoms with van der Waals surface area (Å²) in [5, 5.41) is 9.04. The fourth-order valence-electron chi connectivity index (χ4n) is 1.89. The molecule has 0 radical (unpaired) electrons. The zero-order valence-corrected chi connectivity index (χ0v) is 13.3. The normalized spacial score (nSPS) is 10.4. The van der Waals surface area contributed by atoms with E-state index in [9.17, 15) is 4.79 Å². The molecule has 1 aromatic carbocycles. The summed E-state index contributed by atoms with van der Waals surface area (Å²) in [6, 6.07) is 2.90. The molecule has 7 heteroatoms. The maximum atomic E-state index is 11.0. The smallest absolute Gasteiger partial charge is 0.335 e. The topological polar surface area (TPSA) is 73.6 Å². The fraction of sp³-hybridized carbons (Fsp3) is 0.286. The van der Waals surface area contributed by atoms with Gasteiger partial charge in [-0.2, -0.15) is 0 Å². The molecule has 0 unspecified atom stereocenters. The van der Waals surface area contributed by atoms with Gasteiger partial charge in [-0.15, -0.1) is 0 Å². The second-order valence-electron chi connectivity index (χ2n) is 4.21. The van der Waals surface area contributed by atoms with E-state index in [0.717, 1.165) is 12.4 Å². The predicted octanol–water partition coefficient (Wildman–Crippen LogP) is 2.95. The molecule has 1 N–H and O–H groups in total. The molecule has 2 rings (SSSR count). The molecule has 2 aromatic rings. The van der Waals surface area contributed by atoms with Crippen LogP contribution in [0.5, 0.6) is 11.5 Å². The summed E-state index contributed by atoms with van der Waals surface area (Å²) in [7, 11) is 1.47. The minimum absolute atomic E-state index is 0.126. The Morgan fingerprint density at radius 2 is 2.24 bits per heavy atom. The Morgan fingerprint density at radius 3 is 2.86 bits per heavy atom. The third-order valence-corrected chi connectivity index (χ3v) is 3.55. The summed E-state index contributed by atoms with van der Waals surface area (Å²) in [6.45, 7) is 3.08. The highest BCUT2D eigenvalue weighted by atomic mass is 79.9. The predicted molar refractivity (Wildman–Crippen MR) is 79.9 cm³/mol. The van der Waals surface area contributed by atoms with Crippen molar-refractivity contribution >= 4 is 21.9 Å². The monoisotopic (exact) mass is 354 g/mol. The van der Waals surface area contributed by atoms with Crippen LogP contribution in [0, 0.1) is 0 Å². The van der Waals surface area contributed by atoms with Crippen molar-refractivity contribution in [2.45, 2.75) is 20.1 Å². The molecule has 6 nitrogen and oxygen atoms in total. The number of ether oxygens (including phenoxy) is 2. The lowest BCUT2D eigenvalue weighted by Crippen LogP contribution is -2.07. The van der Waals surface area contributed by atoms with Crippen molar-refractivity contribution in [3.63, 3.8) is 0 Å².